The third kappa shape index (κ3) is 4.04. The van der Waals surface area contributed by atoms with E-state index < -0.39 is 16.6 Å². The Morgan fingerprint density at radius 1 is 1.12 bits per heavy atom. The van der Waals surface area contributed by atoms with Gasteiger partial charge in [0.05, 0.1) is 4.92 Å². The highest BCUT2D eigenvalue weighted by Crippen LogP contribution is 2.19. The molecule has 26 heavy (non-hydrogen) atoms. The monoisotopic (exact) mass is 356 g/mol. The molecule has 0 saturated carbocycles. The van der Waals surface area contributed by atoms with Gasteiger partial charge in [0.2, 0.25) is 0 Å². The third-order valence-corrected chi connectivity index (χ3v) is 3.43. The smallest absolute Gasteiger partial charge is 0.291 e. The number of anilines is 1. The number of amides is 1. The number of halogens is 1. The highest BCUT2D eigenvalue weighted by molar-refractivity contribution is 6.02. The molecule has 0 fully saturated rings. The first kappa shape index (κ1) is 17.2. The van der Waals surface area contributed by atoms with E-state index in [2.05, 4.69) is 5.32 Å². The number of para-hydroxylation sites is 1. The molecule has 1 N–H and O–H groups in total. The van der Waals surface area contributed by atoms with Crippen LogP contribution in [0.5, 0.6) is 5.75 Å². The average molecular weight is 356 g/mol. The van der Waals surface area contributed by atoms with Gasteiger partial charge < -0.3 is 14.5 Å². The number of non-ortho nitro benzene ring substituents is 1. The molecule has 132 valence electrons. The second kappa shape index (κ2) is 7.47. The molecule has 0 atom stereocenters. The molecule has 0 aliphatic carbocycles. The molecule has 0 spiro atoms. The topological polar surface area (TPSA) is 94.6 Å². The molecule has 8 heteroatoms. The van der Waals surface area contributed by atoms with E-state index in [0.29, 0.717) is 11.4 Å². The number of benzene rings is 2. The van der Waals surface area contributed by atoms with Crippen LogP contribution in [0, 0.1) is 15.9 Å². The van der Waals surface area contributed by atoms with Crippen molar-refractivity contribution in [3.8, 4) is 5.75 Å². The van der Waals surface area contributed by atoms with Crippen molar-refractivity contribution in [3.63, 3.8) is 0 Å². The average Bonchev–Trinajstić information content (AvgIpc) is 3.11. The van der Waals surface area contributed by atoms with Gasteiger partial charge in [-0.2, -0.15) is 0 Å². The molecular weight excluding hydrogens is 343 g/mol. The number of nitro groups is 1. The Morgan fingerprint density at radius 3 is 2.54 bits per heavy atom. The van der Waals surface area contributed by atoms with E-state index in [1.54, 1.807) is 18.2 Å². The molecule has 0 aliphatic heterocycles. The number of nitrogens with one attached hydrogen (secondary N) is 1. The molecule has 3 rings (SSSR count). The van der Waals surface area contributed by atoms with Crippen molar-refractivity contribution in [2.45, 2.75) is 6.61 Å². The fourth-order valence-electron chi connectivity index (χ4n) is 2.15. The summed E-state index contributed by atoms with van der Waals surface area (Å²) in [7, 11) is 0. The lowest BCUT2D eigenvalue weighted by Gasteiger charge is -2.05. The molecule has 1 heterocycles. The third-order valence-electron chi connectivity index (χ3n) is 3.43. The largest absolute Gasteiger partial charge is 0.483 e. The maximum atomic E-state index is 13.5. The lowest BCUT2D eigenvalue weighted by atomic mass is 10.3. The standard InChI is InChI=1S/C18H13FN2O5/c19-15-3-1-2-4-16(15)25-11-14-9-10-17(26-14)18(22)20-12-5-7-13(8-6-12)21(23)24/h1-10H,11H2,(H,20,22). The summed E-state index contributed by atoms with van der Waals surface area (Å²) in [5.74, 6) is -0.537. The molecule has 0 bridgehead atoms. The van der Waals surface area contributed by atoms with Crippen LogP contribution in [0.4, 0.5) is 15.8 Å². The predicted molar refractivity (Wildman–Crippen MR) is 90.5 cm³/mol. The van der Waals surface area contributed by atoms with Gasteiger partial charge in [0.1, 0.15) is 12.4 Å². The van der Waals surface area contributed by atoms with Crippen molar-refractivity contribution < 1.29 is 23.3 Å². The van der Waals surface area contributed by atoms with Gasteiger partial charge in [-0.3, -0.25) is 14.9 Å². The first-order valence-electron chi connectivity index (χ1n) is 7.55. The van der Waals surface area contributed by atoms with Crippen LogP contribution in [-0.4, -0.2) is 10.8 Å². The van der Waals surface area contributed by atoms with Crippen molar-refractivity contribution in [1.29, 1.82) is 0 Å². The van der Waals surface area contributed by atoms with E-state index in [9.17, 15) is 19.3 Å². The number of hydrogen-bond donors (Lipinski definition) is 1. The number of carbonyl (C=O) groups excluding carboxylic acids is 1. The summed E-state index contributed by atoms with van der Waals surface area (Å²) in [6, 6.07) is 14.4. The van der Waals surface area contributed by atoms with Crippen LogP contribution in [0.2, 0.25) is 0 Å². The Balaban J connectivity index is 1.60. The van der Waals surface area contributed by atoms with E-state index in [0.717, 1.165) is 0 Å². The van der Waals surface area contributed by atoms with Gasteiger partial charge >= 0.3 is 0 Å². The van der Waals surface area contributed by atoms with Crippen LogP contribution in [0.25, 0.3) is 0 Å². The zero-order valence-corrected chi connectivity index (χ0v) is 13.3. The summed E-state index contributed by atoms with van der Waals surface area (Å²) in [6.07, 6.45) is 0. The lowest BCUT2D eigenvalue weighted by molar-refractivity contribution is -0.384. The number of ether oxygens (including phenoxy) is 1. The van der Waals surface area contributed by atoms with Crippen molar-refractivity contribution in [1.82, 2.24) is 0 Å². The molecule has 1 amide bonds. The fourth-order valence-corrected chi connectivity index (χ4v) is 2.15. The van der Waals surface area contributed by atoms with E-state index in [1.165, 1.54) is 42.5 Å². The molecule has 2 aromatic carbocycles. The maximum Gasteiger partial charge on any atom is 0.291 e. The minimum atomic E-state index is -0.528. The number of hydrogen-bond acceptors (Lipinski definition) is 5. The summed E-state index contributed by atoms with van der Waals surface area (Å²) in [5.41, 5.74) is 0.315. The molecule has 7 nitrogen and oxygen atoms in total. The number of rotatable bonds is 6. The van der Waals surface area contributed by atoms with Crippen LogP contribution in [0.3, 0.4) is 0 Å². The first-order valence-corrected chi connectivity index (χ1v) is 7.55. The van der Waals surface area contributed by atoms with Gasteiger partial charge in [0.25, 0.3) is 11.6 Å². The van der Waals surface area contributed by atoms with Crippen molar-refractivity contribution in [2.24, 2.45) is 0 Å². The number of furan rings is 1. The zero-order valence-electron chi connectivity index (χ0n) is 13.3. The summed E-state index contributed by atoms with van der Waals surface area (Å²) in [6.45, 7) is -0.0360. The van der Waals surface area contributed by atoms with Crippen molar-refractivity contribution >= 4 is 17.3 Å². The van der Waals surface area contributed by atoms with Gasteiger partial charge in [0.15, 0.2) is 17.3 Å². The van der Waals surface area contributed by atoms with Gasteiger partial charge in [0, 0.05) is 17.8 Å². The van der Waals surface area contributed by atoms with E-state index in [4.69, 9.17) is 9.15 Å². The predicted octanol–water partition coefficient (Wildman–Crippen LogP) is 4.16. The Labute approximate surface area is 147 Å². The fraction of sp³-hybridized carbons (Fsp3) is 0.0556. The van der Waals surface area contributed by atoms with E-state index in [1.807, 2.05) is 0 Å². The van der Waals surface area contributed by atoms with Crippen LogP contribution in [-0.2, 0) is 6.61 Å². The number of nitrogens with zero attached hydrogens (tertiary/aromatic N) is 1. The lowest BCUT2D eigenvalue weighted by Crippen LogP contribution is -2.10. The van der Waals surface area contributed by atoms with Gasteiger partial charge in [-0.05, 0) is 36.4 Å². The Morgan fingerprint density at radius 2 is 1.85 bits per heavy atom. The van der Waals surface area contributed by atoms with Gasteiger partial charge in [-0.25, -0.2) is 4.39 Å². The molecule has 0 aliphatic rings. The van der Waals surface area contributed by atoms with Gasteiger partial charge in [-0.1, -0.05) is 12.1 Å². The summed E-state index contributed by atoms with van der Waals surface area (Å²) in [5, 5.41) is 13.2. The summed E-state index contributed by atoms with van der Waals surface area (Å²) >= 11 is 0. The van der Waals surface area contributed by atoms with E-state index >= 15 is 0 Å². The minimum absolute atomic E-state index is 0.0360. The highest BCUT2D eigenvalue weighted by atomic mass is 19.1. The number of nitro benzene ring substituents is 1. The van der Waals surface area contributed by atoms with Gasteiger partial charge in [-0.15, -0.1) is 0 Å². The van der Waals surface area contributed by atoms with Crippen molar-refractivity contribution in [3.05, 3.63) is 88.1 Å². The molecular formula is C18H13FN2O5. The normalized spacial score (nSPS) is 10.3. The Hall–Kier alpha value is -3.68. The molecule has 0 saturated heterocycles. The highest BCUT2D eigenvalue weighted by Gasteiger charge is 2.13. The SMILES string of the molecule is O=C(Nc1ccc([N+](=O)[O-])cc1)c1ccc(COc2ccccc2F)o1. The summed E-state index contributed by atoms with van der Waals surface area (Å²) in [4.78, 5) is 22.2. The first-order chi connectivity index (χ1) is 12.5. The number of carbonyl (C=O) groups is 1. The second-order valence-electron chi connectivity index (χ2n) is 5.24. The van der Waals surface area contributed by atoms with Crippen LogP contribution in [0.15, 0.2) is 65.1 Å². The molecule has 1 aromatic heterocycles. The van der Waals surface area contributed by atoms with Crippen LogP contribution >= 0.6 is 0 Å². The second-order valence-corrected chi connectivity index (χ2v) is 5.24. The summed E-state index contributed by atoms with van der Waals surface area (Å²) < 4.78 is 24.2. The van der Waals surface area contributed by atoms with Crippen molar-refractivity contribution in [2.75, 3.05) is 5.32 Å². The van der Waals surface area contributed by atoms with Crippen LogP contribution < -0.4 is 10.1 Å². The zero-order chi connectivity index (χ0) is 18.5. The minimum Gasteiger partial charge on any atom is -0.483 e. The molecule has 3 aromatic rings. The maximum absolute atomic E-state index is 13.5. The molecule has 0 radical (unpaired) electrons. The quantitative estimate of drug-likeness (QED) is 0.529. The van der Waals surface area contributed by atoms with Crippen LogP contribution in [0.1, 0.15) is 16.3 Å². The Kier molecular flexibility index (Phi) is 4.93. The molecule has 0 unspecified atom stereocenters. The Bertz CT molecular complexity index is 937. The van der Waals surface area contributed by atoms with E-state index in [-0.39, 0.29) is 23.8 Å².